The quantitative estimate of drug-likeness (QED) is 0.647. The number of carbonyl (C=O) groups excluding carboxylic acids is 1. The van der Waals surface area contributed by atoms with Gasteiger partial charge in [-0.3, -0.25) is 4.90 Å². The molecule has 2 rings (SSSR count). The van der Waals surface area contributed by atoms with Crippen molar-refractivity contribution < 1.29 is 17.9 Å². The number of nitrogens with zero attached hydrogens (tertiary/aromatic N) is 2. The molecule has 1 heterocycles. The van der Waals surface area contributed by atoms with Gasteiger partial charge in [0.1, 0.15) is 5.54 Å². The Morgan fingerprint density at radius 1 is 1.29 bits per heavy atom. The maximum atomic E-state index is 12.2. The predicted octanol–water partition coefficient (Wildman–Crippen LogP) is -0.766. The average Bonchev–Trinajstić information content (AvgIpc) is 3.23. The highest BCUT2D eigenvalue weighted by atomic mass is 32.2. The van der Waals surface area contributed by atoms with E-state index in [4.69, 9.17) is 10.5 Å². The molecule has 2 N–H and O–H groups in total. The number of rotatable bonds is 6. The second-order valence-corrected chi connectivity index (χ2v) is 7.96. The summed E-state index contributed by atoms with van der Waals surface area (Å²) in [5.41, 5.74) is 5.38. The van der Waals surface area contributed by atoms with Gasteiger partial charge < -0.3 is 10.5 Å². The fourth-order valence-corrected chi connectivity index (χ4v) is 3.64. The van der Waals surface area contributed by atoms with Gasteiger partial charge in [-0.15, -0.1) is 0 Å². The van der Waals surface area contributed by atoms with E-state index in [2.05, 4.69) is 4.90 Å². The molecule has 1 saturated carbocycles. The van der Waals surface area contributed by atoms with E-state index in [-0.39, 0.29) is 11.9 Å². The van der Waals surface area contributed by atoms with Crippen molar-refractivity contribution in [1.82, 2.24) is 9.21 Å². The zero-order chi connectivity index (χ0) is 15.7. The van der Waals surface area contributed by atoms with E-state index in [0.29, 0.717) is 39.3 Å². The lowest BCUT2D eigenvalue weighted by atomic mass is 9.93. The number of ether oxygens (including phenoxy) is 1. The third kappa shape index (κ3) is 3.94. The summed E-state index contributed by atoms with van der Waals surface area (Å²) in [5, 5.41) is 0. The van der Waals surface area contributed by atoms with Crippen LogP contribution in [0.3, 0.4) is 0 Å². The second kappa shape index (κ2) is 6.20. The maximum Gasteiger partial charge on any atom is 0.327 e. The van der Waals surface area contributed by atoms with Gasteiger partial charge in [-0.05, 0) is 25.7 Å². The lowest BCUT2D eigenvalue weighted by Crippen LogP contribution is -2.61. The molecule has 0 radical (unpaired) electrons. The van der Waals surface area contributed by atoms with Crippen LogP contribution in [0.1, 0.15) is 19.8 Å². The van der Waals surface area contributed by atoms with Crippen LogP contribution in [0, 0.1) is 5.92 Å². The van der Waals surface area contributed by atoms with E-state index in [9.17, 15) is 13.2 Å². The highest BCUT2D eigenvalue weighted by Gasteiger charge is 2.50. The first-order chi connectivity index (χ1) is 9.77. The van der Waals surface area contributed by atoms with Gasteiger partial charge in [0.15, 0.2) is 0 Å². The molecule has 122 valence electrons. The number of sulfonamides is 1. The van der Waals surface area contributed by atoms with Crippen molar-refractivity contribution >= 4 is 16.0 Å². The molecule has 1 saturated heterocycles. The first-order valence-electron chi connectivity index (χ1n) is 7.41. The zero-order valence-corrected chi connectivity index (χ0v) is 13.6. The Kier molecular flexibility index (Phi) is 4.92. The molecule has 2 fully saturated rings. The molecule has 0 aromatic rings. The third-order valence-corrected chi connectivity index (χ3v) is 5.55. The molecule has 1 unspecified atom stereocenters. The Labute approximate surface area is 126 Å². The van der Waals surface area contributed by atoms with Crippen LogP contribution in [0.4, 0.5) is 0 Å². The second-order valence-electron chi connectivity index (χ2n) is 5.97. The molecule has 0 aromatic carbocycles. The smallest absolute Gasteiger partial charge is 0.327 e. The summed E-state index contributed by atoms with van der Waals surface area (Å²) < 4.78 is 29.6. The molecule has 0 amide bonds. The van der Waals surface area contributed by atoms with E-state index in [0.717, 1.165) is 12.8 Å². The van der Waals surface area contributed by atoms with Crippen LogP contribution in [0.5, 0.6) is 0 Å². The van der Waals surface area contributed by atoms with Gasteiger partial charge in [0.25, 0.3) is 0 Å². The molecule has 2 aliphatic rings. The number of hydrogen-bond acceptors (Lipinski definition) is 6. The number of esters is 1. The molecule has 0 spiro atoms. The first kappa shape index (κ1) is 16.7. The van der Waals surface area contributed by atoms with Crippen molar-refractivity contribution in [3.8, 4) is 0 Å². The van der Waals surface area contributed by atoms with Crippen LogP contribution in [-0.4, -0.2) is 74.7 Å². The Hall–Kier alpha value is -0.700. The lowest BCUT2D eigenvalue weighted by Gasteiger charge is -2.38. The largest absolute Gasteiger partial charge is 0.465 e. The minimum atomic E-state index is -3.14. The number of hydrogen-bond donors (Lipinski definition) is 1. The molecule has 0 bridgehead atoms. The van der Waals surface area contributed by atoms with Crippen molar-refractivity contribution in [2.75, 3.05) is 45.6 Å². The maximum absolute atomic E-state index is 12.2. The molecular formula is C13H25N3O4S. The Balaban J connectivity index is 1.95. The molecule has 21 heavy (non-hydrogen) atoms. The summed E-state index contributed by atoms with van der Waals surface area (Å²) in [6.07, 6.45) is 3.13. The SMILES string of the molecule is CCOC(=O)C(N)(CN1CCN(S(C)(=O)=O)CC1)C1CC1. The van der Waals surface area contributed by atoms with Crippen LogP contribution in [0.2, 0.25) is 0 Å². The molecule has 1 atom stereocenters. The van der Waals surface area contributed by atoms with E-state index in [1.54, 1.807) is 6.92 Å². The molecule has 1 aliphatic carbocycles. The summed E-state index contributed by atoms with van der Waals surface area (Å²) in [5.74, 6) is -0.150. The molecule has 7 nitrogen and oxygen atoms in total. The Morgan fingerprint density at radius 3 is 2.29 bits per heavy atom. The Bertz CT molecular complexity index is 484. The topological polar surface area (TPSA) is 92.9 Å². The summed E-state index contributed by atoms with van der Waals surface area (Å²) in [6, 6.07) is 0. The van der Waals surface area contributed by atoms with Gasteiger partial charge in [0.2, 0.25) is 10.0 Å². The summed E-state index contributed by atoms with van der Waals surface area (Å²) in [4.78, 5) is 14.2. The highest BCUT2D eigenvalue weighted by molar-refractivity contribution is 7.88. The fraction of sp³-hybridized carbons (Fsp3) is 0.923. The molecular weight excluding hydrogens is 294 g/mol. The van der Waals surface area contributed by atoms with Crippen molar-refractivity contribution in [3.63, 3.8) is 0 Å². The number of nitrogens with two attached hydrogens (primary N) is 1. The van der Waals surface area contributed by atoms with Crippen LogP contribution in [0.25, 0.3) is 0 Å². The lowest BCUT2D eigenvalue weighted by molar-refractivity contribution is -0.151. The van der Waals surface area contributed by atoms with Gasteiger partial charge >= 0.3 is 5.97 Å². The van der Waals surface area contributed by atoms with E-state index < -0.39 is 15.6 Å². The Morgan fingerprint density at radius 2 is 1.86 bits per heavy atom. The van der Waals surface area contributed by atoms with Crippen LogP contribution >= 0.6 is 0 Å². The van der Waals surface area contributed by atoms with Gasteiger partial charge in [0, 0.05) is 32.7 Å². The van der Waals surface area contributed by atoms with Crippen molar-refractivity contribution in [2.45, 2.75) is 25.3 Å². The minimum absolute atomic E-state index is 0.185. The highest BCUT2D eigenvalue weighted by Crippen LogP contribution is 2.39. The zero-order valence-electron chi connectivity index (χ0n) is 12.7. The number of piperazine rings is 1. The number of carbonyl (C=O) groups is 1. The minimum Gasteiger partial charge on any atom is -0.465 e. The van der Waals surface area contributed by atoms with Gasteiger partial charge in [-0.2, -0.15) is 4.31 Å². The van der Waals surface area contributed by atoms with Gasteiger partial charge in [-0.25, -0.2) is 13.2 Å². The summed E-state index contributed by atoms with van der Waals surface area (Å²) in [6.45, 7) is 4.62. The average molecular weight is 319 g/mol. The predicted molar refractivity (Wildman–Crippen MR) is 79.1 cm³/mol. The summed E-state index contributed by atoms with van der Waals surface area (Å²) in [7, 11) is -3.14. The van der Waals surface area contributed by atoms with Crippen molar-refractivity contribution in [1.29, 1.82) is 0 Å². The fourth-order valence-electron chi connectivity index (χ4n) is 2.81. The van der Waals surface area contributed by atoms with Crippen LogP contribution < -0.4 is 5.73 Å². The van der Waals surface area contributed by atoms with Gasteiger partial charge in [-0.1, -0.05) is 0 Å². The molecule has 0 aromatic heterocycles. The van der Waals surface area contributed by atoms with Crippen LogP contribution in [-0.2, 0) is 19.6 Å². The van der Waals surface area contributed by atoms with Gasteiger partial charge in [0.05, 0.1) is 12.9 Å². The van der Waals surface area contributed by atoms with E-state index in [1.165, 1.54) is 10.6 Å². The monoisotopic (exact) mass is 319 g/mol. The molecule has 1 aliphatic heterocycles. The van der Waals surface area contributed by atoms with Crippen molar-refractivity contribution in [2.24, 2.45) is 11.7 Å². The van der Waals surface area contributed by atoms with E-state index in [1.807, 2.05) is 0 Å². The third-order valence-electron chi connectivity index (χ3n) is 4.25. The molecule has 8 heteroatoms. The first-order valence-corrected chi connectivity index (χ1v) is 9.26. The standard InChI is InChI=1S/C13H25N3O4S/c1-3-20-12(17)13(14,11-4-5-11)10-15-6-8-16(9-7-15)21(2,18)19/h11H,3-10,14H2,1-2H3. The van der Waals surface area contributed by atoms with Crippen molar-refractivity contribution in [3.05, 3.63) is 0 Å². The summed E-state index contributed by atoms with van der Waals surface area (Å²) >= 11 is 0. The van der Waals surface area contributed by atoms with E-state index >= 15 is 0 Å². The normalized spacial score (nSPS) is 24.5. The van der Waals surface area contributed by atoms with Crippen LogP contribution in [0.15, 0.2) is 0 Å².